The summed E-state index contributed by atoms with van der Waals surface area (Å²) in [6, 6.07) is 17.7. The van der Waals surface area contributed by atoms with E-state index in [2.05, 4.69) is 9.71 Å². The number of benzene rings is 3. The maximum Gasteiger partial charge on any atom is 0.261 e. The molecule has 0 saturated heterocycles. The average Bonchev–Trinajstić information content (AvgIpc) is 2.79. The topological polar surface area (TPSA) is 112 Å². The average molecular weight is 460 g/mol. The first-order valence-corrected chi connectivity index (χ1v) is 11.6. The second-order valence-corrected chi connectivity index (χ2v) is 9.69. The van der Waals surface area contributed by atoms with Crippen molar-refractivity contribution in [3.8, 4) is 17.6 Å². The number of nitrogens with zero attached hydrogens (tertiary/aromatic N) is 2. The maximum absolute atomic E-state index is 12.6. The number of nitriles is 1. The lowest BCUT2D eigenvalue weighted by molar-refractivity contribution is 0.158. The largest absolute Gasteiger partial charge is 0.506 e. The normalized spacial score (nSPS) is 14.3. The van der Waals surface area contributed by atoms with Crippen LogP contribution in [0.1, 0.15) is 30.5 Å². The Morgan fingerprint density at radius 3 is 2.61 bits per heavy atom. The highest BCUT2D eigenvalue weighted by Crippen LogP contribution is 2.38. The van der Waals surface area contributed by atoms with Gasteiger partial charge in [-0.25, -0.2) is 8.42 Å². The van der Waals surface area contributed by atoms with Crippen LogP contribution in [0.2, 0.25) is 0 Å². The summed E-state index contributed by atoms with van der Waals surface area (Å²) in [4.78, 5) is 4.38. The second-order valence-electron chi connectivity index (χ2n) is 8.00. The Morgan fingerprint density at radius 1 is 1.12 bits per heavy atom. The van der Waals surface area contributed by atoms with E-state index >= 15 is 0 Å². The van der Waals surface area contributed by atoms with Crippen LogP contribution in [-0.2, 0) is 10.0 Å². The highest BCUT2D eigenvalue weighted by molar-refractivity contribution is 7.92. The van der Waals surface area contributed by atoms with Crippen molar-refractivity contribution in [1.29, 1.82) is 5.26 Å². The van der Waals surface area contributed by atoms with Gasteiger partial charge in [-0.05, 0) is 80.6 Å². The lowest BCUT2D eigenvalue weighted by Gasteiger charge is -2.28. The minimum atomic E-state index is -3.83. The minimum absolute atomic E-state index is 0.00736. The van der Waals surface area contributed by atoms with Crippen molar-refractivity contribution < 1.29 is 18.3 Å². The summed E-state index contributed by atoms with van der Waals surface area (Å²) in [6.45, 7) is 3.87. The van der Waals surface area contributed by atoms with Crippen molar-refractivity contribution in [2.24, 2.45) is 4.99 Å². The molecular weight excluding hydrogens is 438 g/mol. The summed E-state index contributed by atoms with van der Waals surface area (Å²) in [5.41, 5.74) is 1.90. The van der Waals surface area contributed by atoms with Crippen LogP contribution in [0.4, 0.5) is 11.4 Å². The molecule has 7 nitrogen and oxygen atoms in total. The van der Waals surface area contributed by atoms with E-state index in [1.807, 2.05) is 32.1 Å². The third kappa shape index (κ3) is 4.89. The van der Waals surface area contributed by atoms with Gasteiger partial charge in [-0.1, -0.05) is 6.07 Å². The molecule has 2 N–H and O–H groups in total. The SMILES string of the molecule is CC1(C)C=Cc2c(ccc(/C=N/c3ccc(NS(=O)(=O)c4cccc(C#N)c4)cc3)c2O)O1. The molecule has 0 unspecified atom stereocenters. The minimum Gasteiger partial charge on any atom is -0.506 e. The predicted octanol–water partition coefficient (Wildman–Crippen LogP) is 5.00. The Labute approximate surface area is 192 Å². The molecule has 0 radical (unpaired) electrons. The highest BCUT2D eigenvalue weighted by atomic mass is 32.2. The van der Waals surface area contributed by atoms with Gasteiger partial charge in [0.15, 0.2) is 0 Å². The number of hydrogen-bond donors (Lipinski definition) is 2. The summed E-state index contributed by atoms with van der Waals surface area (Å²) in [5, 5.41) is 19.6. The van der Waals surface area contributed by atoms with Crippen LogP contribution in [0.15, 0.2) is 76.6 Å². The molecule has 0 atom stereocenters. The van der Waals surface area contributed by atoms with Gasteiger partial charge >= 0.3 is 0 Å². The van der Waals surface area contributed by atoms with E-state index in [1.54, 1.807) is 36.4 Å². The first-order valence-electron chi connectivity index (χ1n) is 10.1. The van der Waals surface area contributed by atoms with Gasteiger partial charge in [0, 0.05) is 17.5 Å². The Kier molecular flexibility index (Phi) is 5.66. The smallest absolute Gasteiger partial charge is 0.261 e. The van der Waals surface area contributed by atoms with Crippen molar-refractivity contribution >= 4 is 33.7 Å². The molecule has 1 aliphatic heterocycles. The summed E-state index contributed by atoms with van der Waals surface area (Å²) >= 11 is 0. The zero-order valence-corrected chi connectivity index (χ0v) is 18.8. The molecule has 1 heterocycles. The van der Waals surface area contributed by atoms with E-state index in [4.69, 9.17) is 10.00 Å². The van der Waals surface area contributed by atoms with E-state index in [9.17, 15) is 13.5 Å². The van der Waals surface area contributed by atoms with Gasteiger partial charge < -0.3 is 9.84 Å². The lowest BCUT2D eigenvalue weighted by atomic mass is 10.00. The van der Waals surface area contributed by atoms with E-state index in [1.165, 1.54) is 30.5 Å². The van der Waals surface area contributed by atoms with E-state index < -0.39 is 15.6 Å². The number of aliphatic imine (C=N–C) groups is 1. The molecule has 3 aromatic carbocycles. The Bertz CT molecular complexity index is 1420. The van der Waals surface area contributed by atoms with Gasteiger partial charge in [0.1, 0.15) is 17.1 Å². The second kappa shape index (κ2) is 8.45. The lowest BCUT2D eigenvalue weighted by Crippen LogP contribution is -2.27. The highest BCUT2D eigenvalue weighted by Gasteiger charge is 2.24. The van der Waals surface area contributed by atoms with Gasteiger partial charge in [-0.15, -0.1) is 0 Å². The third-order valence-corrected chi connectivity index (χ3v) is 6.36. The zero-order valence-electron chi connectivity index (χ0n) is 18.0. The van der Waals surface area contributed by atoms with Crippen LogP contribution in [0.3, 0.4) is 0 Å². The molecule has 0 amide bonds. The molecule has 8 heteroatoms. The molecule has 0 spiro atoms. The monoisotopic (exact) mass is 459 g/mol. The van der Waals surface area contributed by atoms with Crippen molar-refractivity contribution in [2.45, 2.75) is 24.3 Å². The number of hydrogen-bond acceptors (Lipinski definition) is 6. The maximum atomic E-state index is 12.6. The molecule has 0 saturated carbocycles. The first kappa shape index (κ1) is 22.1. The molecule has 1 aliphatic rings. The third-order valence-electron chi connectivity index (χ3n) is 4.98. The van der Waals surface area contributed by atoms with Crippen molar-refractivity contribution in [1.82, 2.24) is 0 Å². The number of nitrogens with one attached hydrogen (secondary N) is 1. The summed E-state index contributed by atoms with van der Waals surface area (Å²) in [7, 11) is -3.83. The number of anilines is 1. The Morgan fingerprint density at radius 2 is 1.88 bits per heavy atom. The standard InChI is InChI=1S/C25H21N3O4S/c1-25(2)13-12-22-23(32-25)11-6-18(24(22)29)16-27-19-7-9-20(10-8-19)28-33(30,31)21-5-3-4-17(14-21)15-26/h3-14,16,28-29H,1-2H3/b27-16+. The fourth-order valence-electron chi connectivity index (χ4n) is 3.27. The molecular formula is C25H21N3O4S. The summed E-state index contributed by atoms with van der Waals surface area (Å²) in [5.74, 6) is 0.682. The van der Waals surface area contributed by atoms with Gasteiger partial charge in [-0.2, -0.15) is 5.26 Å². The predicted molar refractivity (Wildman–Crippen MR) is 128 cm³/mol. The van der Waals surface area contributed by atoms with E-state index in [0.717, 1.165) is 0 Å². The van der Waals surface area contributed by atoms with Crippen LogP contribution in [0.25, 0.3) is 6.08 Å². The Hall–Kier alpha value is -4.09. The molecule has 0 bridgehead atoms. The fourth-order valence-corrected chi connectivity index (χ4v) is 4.37. The first-order chi connectivity index (χ1) is 15.7. The van der Waals surface area contributed by atoms with Crippen molar-refractivity contribution in [3.63, 3.8) is 0 Å². The number of aromatic hydroxyl groups is 1. The molecule has 4 rings (SSSR count). The number of fused-ring (bicyclic) bond motifs is 1. The van der Waals surface area contributed by atoms with E-state index in [0.29, 0.717) is 28.3 Å². The Balaban J connectivity index is 1.50. The number of rotatable bonds is 5. The number of phenols is 1. The van der Waals surface area contributed by atoms with Crippen LogP contribution in [0.5, 0.6) is 11.5 Å². The molecule has 0 aliphatic carbocycles. The quantitative estimate of drug-likeness (QED) is 0.522. The van der Waals surface area contributed by atoms with Crippen LogP contribution >= 0.6 is 0 Å². The van der Waals surface area contributed by atoms with Crippen molar-refractivity contribution in [3.05, 3.63) is 83.4 Å². The molecule has 33 heavy (non-hydrogen) atoms. The van der Waals surface area contributed by atoms with E-state index in [-0.39, 0.29) is 16.2 Å². The van der Waals surface area contributed by atoms with Crippen molar-refractivity contribution in [2.75, 3.05) is 4.72 Å². The fraction of sp³-hybridized carbons (Fsp3) is 0.120. The summed E-state index contributed by atoms with van der Waals surface area (Å²) in [6.07, 6.45) is 5.25. The zero-order chi connectivity index (χ0) is 23.6. The molecule has 3 aromatic rings. The summed E-state index contributed by atoms with van der Waals surface area (Å²) < 4.78 is 33.5. The van der Waals surface area contributed by atoms with Crippen LogP contribution < -0.4 is 9.46 Å². The van der Waals surface area contributed by atoms with Crippen LogP contribution in [0, 0.1) is 11.3 Å². The molecule has 0 aromatic heterocycles. The van der Waals surface area contributed by atoms with Gasteiger partial charge in [0.05, 0.1) is 27.8 Å². The van der Waals surface area contributed by atoms with Crippen LogP contribution in [-0.4, -0.2) is 25.3 Å². The van der Waals surface area contributed by atoms with Gasteiger partial charge in [0.25, 0.3) is 10.0 Å². The molecule has 0 fully saturated rings. The number of sulfonamides is 1. The number of ether oxygens (including phenoxy) is 1. The van der Waals surface area contributed by atoms with Gasteiger partial charge in [-0.3, -0.25) is 9.71 Å². The molecule has 166 valence electrons. The number of phenolic OH excluding ortho intramolecular Hbond substituents is 1. The van der Waals surface area contributed by atoms with Gasteiger partial charge in [0.2, 0.25) is 0 Å².